The average molecular weight is 403 g/mol. The summed E-state index contributed by atoms with van der Waals surface area (Å²) in [6, 6.07) is 26.8. The number of halogens is 1. The summed E-state index contributed by atoms with van der Waals surface area (Å²) >= 11 is 0. The monoisotopic (exact) mass is 402 g/mol. The zero-order valence-corrected chi connectivity index (χ0v) is 17.0. The van der Waals surface area contributed by atoms with Gasteiger partial charge in [0.2, 0.25) is 5.91 Å². The maximum absolute atomic E-state index is 14.0. The molecule has 1 heterocycles. The summed E-state index contributed by atoms with van der Waals surface area (Å²) in [5, 5.41) is 3.28. The van der Waals surface area contributed by atoms with E-state index in [9.17, 15) is 9.18 Å². The molecule has 154 valence electrons. The Morgan fingerprint density at radius 3 is 2.17 bits per heavy atom. The van der Waals surface area contributed by atoms with Crippen molar-refractivity contribution in [1.29, 1.82) is 0 Å². The third-order valence-electron chi connectivity index (χ3n) is 5.78. The number of carbonyl (C=O) groups excluding carboxylic acids is 1. The molecule has 1 unspecified atom stereocenters. The van der Waals surface area contributed by atoms with E-state index in [0.29, 0.717) is 18.7 Å². The zero-order chi connectivity index (χ0) is 20.8. The number of nitrogens with zero attached hydrogens (tertiary/aromatic N) is 1. The van der Waals surface area contributed by atoms with Crippen molar-refractivity contribution in [2.75, 3.05) is 13.1 Å². The van der Waals surface area contributed by atoms with Crippen LogP contribution in [0, 0.1) is 11.7 Å². The van der Waals surface area contributed by atoms with Crippen LogP contribution in [0.4, 0.5) is 4.39 Å². The summed E-state index contributed by atoms with van der Waals surface area (Å²) in [5.41, 5.74) is 2.82. The number of amides is 1. The van der Waals surface area contributed by atoms with Gasteiger partial charge in [-0.25, -0.2) is 4.39 Å². The first-order valence-corrected chi connectivity index (χ1v) is 10.6. The van der Waals surface area contributed by atoms with Crippen molar-refractivity contribution in [3.8, 4) is 0 Å². The molecule has 1 saturated heterocycles. The molecule has 1 N–H and O–H groups in total. The molecule has 0 aliphatic carbocycles. The zero-order valence-electron chi connectivity index (χ0n) is 17.0. The number of benzene rings is 3. The van der Waals surface area contributed by atoms with Crippen LogP contribution < -0.4 is 5.32 Å². The van der Waals surface area contributed by atoms with E-state index in [2.05, 4.69) is 10.2 Å². The van der Waals surface area contributed by atoms with Gasteiger partial charge in [-0.15, -0.1) is 0 Å². The van der Waals surface area contributed by atoms with Crippen LogP contribution in [-0.2, 0) is 11.3 Å². The molecule has 0 aromatic heterocycles. The predicted octanol–water partition coefficient (Wildman–Crippen LogP) is 4.94. The third-order valence-corrected chi connectivity index (χ3v) is 5.78. The molecular weight excluding hydrogens is 375 g/mol. The fraction of sp³-hybridized carbons (Fsp3) is 0.269. The van der Waals surface area contributed by atoms with Gasteiger partial charge in [-0.1, -0.05) is 78.9 Å². The highest BCUT2D eigenvalue weighted by atomic mass is 19.1. The lowest BCUT2D eigenvalue weighted by molar-refractivity contribution is -0.127. The number of likely N-dealkylation sites (tertiary alicyclic amines) is 1. The van der Waals surface area contributed by atoms with E-state index in [1.54, 1.807) is 6.07 Å². The van der Waals surface area contributed by atoms with Gasteiger partial charge in [-0.3, -0.25) is 9.69 Å². The van der Waals surface area contributed by atoms with Crippen molar-refractivity contribution in [3.63, 3.8) is 0 Å². The van der Waals surface area contributed by atoms with Gasteiger partial charge in [-0.05, 0) is 36.6 Å². The molecule has 1 aliphatic heterocycles. The molecule has 3 nitrogen and oxygen atoms in total. The Labute approximate surface area is 177 Å². The van der Waals surface area contributed by atoms with Crippen molar-refractivity contribution in [2.45, 2.75) is 25.4 Å². The first-order chi connectivity index (χ1) is 14.7. The molecule has 0 bridgehead atoms. The van der Waals surface area contributed by atoms with Crippen molar-refractivity contribution >= 4 is 5.91 Å². The molecule has 1 amide bonds. The SMILES string of the molecule is O=C(NC(c1ccccc1)c1ccccc1)C1CCCN(Cc2ccccc2F)C1. The third kappa shape index (κ3) is 4.95. The van der Waals surface area contributed by atoms with E-state index in [4.69, 9.17) is 0 Å². The molecule has 4 heteroatoms. The lowest BCUT2D eigenvalue weighted by Gasteiger charge is -2.33. The molecule has 3 aromatic rings. The second-order valence-electron chi connectivity index (χ2n) is 7.93. The molecule has 30 heavy (non-hydrogen) atoms. The molecule has 4 rings (SSSR count). The molecule has 1 atom stereocenters. The molecule has 0 radical (unpaired) electrons. The minimum Gasteiger partial charge on any atom is -0.345 e. The van der Waals surface area contributed by atoms with Crippen molar-refractivity contribution < 1.29 is 9.18 Å². The lowest BCUT2D eigenvalue weighted by Crippen LogP contribution is -2.43. The standard InChI is InChI=1S/C26H27FN2O/c27-24-16-8-7-14-22(24)18-29-17-9-15-23(19-29)26(30)28-25(20-10-3-1-4-11-20)21-12-5-2-6-13-21/h1-8,10-14,16,23,25H,9,15,17-19H2,(H,28,30). The van der Waals surface area contributed by atoms with Gasteiger partial charge in [0.15, 0.2) is 0 Å². The number of hydrogen-bond acceptors (Lipinski definition) is 2. The summed E-state index contributed by atoms with van der Waals surface area (Å²) in [6.45, 7) is 2.08. The van der Waals surface area contributed by atoms with Crippen LogP contribution in [-0.4, -0.2) is 23.9 Å². The Balaban J connectivity index is 1.46. The first kappa shape index (κ1) is 20.3. The van der Waals surface area contributed by atoms with E-state index in [-0.39, 0.29) is 23.7 Å². The summed E-state index contributed by atoms with van der Waals surface area (Å²) in [6.07, 6.45) is 1.80. The number of carbonyl (C=O) groups is 1. The van der Waals surface area contributed by atoms with Gasteiger partial charge in [0.1, 0.15) is 5.82 Å². The normalized spacial score (nSPS) is 17.1. The van der Waals surface area contributed by atoms with Crippen LogP contribution in [0.1, 0.15) is 35.6 Å². The predicted molar refractivity (Wildman–Crippen MR) is 117 cm³/mol. The van der Waals surface area contributed by atoms with Crippen molar-refractivity contribution in [2.24, 2.45) is 5.92 Å². The molecule has 1 aliphatic rings. The van der Waals surface area contributed by atoms with Crippen LogP contribution in [0.3, 0.4) is 0 Å². The summed E-state index contributed by atoms with van der Waals surface area (Å²) < 4.78 is 14.0. The van der Waals surface area contributed by atoms with Gasteiger partial charge >= 0.3 is 0 Å². The van der Waals surface area contributed by atoms with Gasteiger partial charge in [0.05, 0.1) is 12.0 Å². The summed E-state index contributed by atoms with van der Waals surface area (Å²) in [5.74, 6) is -0.219. The second kappa shape index (κ2) is 9.68. The van der Waals surface area contributed by atoms with Crippen LogP contribution >= 0.6 is 0 Å². The second-order valence-corrected chi connectivity index (χ2v) is 7.93. The van der Waals surface area contributed by atoms with Crippen molar-refractivity contribution in [3.05, 3.63) is 107 Å². The molecule has 3 aromatic carbocycles. The highest BCUT2D eigenvalue weighted by Gasteiger charge is 2.28. The Morgan fingerprint density at radius 2 is 1.53 bits per heavy atom. The number of rotatable bonds is 6. The number of nitrogens with one attached hydrogen (secondary N) is 1. The van der Waals surface area contributed by atoms with Gasteiger partial charge in [0, 0.05) is 18.7 Å². The number of hydrogen-bond donors (Lipinski definition) is 1. The average Bonchev–Trinajstić information content (AvgIpc) is 2.80. The molecule has 0 saturated carbocycles. The fourth-order valence-corrected chi connectivity index (χ4v) is 4.19. The molecule has 1 fully saturated rings. The maximum Gasteiger partial charge on any atom is 0.225 e. The fourth-order valence-electron chi connectivity index (χ4n) is 4.19. The maximum atomic E-state index is 14.0. The van der Waals surface area contributed by atoms with Gasteiger partial charge < -0.3 is 5.32 Å². The Bertz CT molecular complexity index is 922. The smallest absolute Gasteiger partial charge is 0.225 e. The van der Waals surface area contributed by atoms with Crippen LogP contribution in [0.5, 0.6) is 0 Å². The minimum absolute atomic E-state index is 0.0611. The van der Waals surface area contributed by atoms with Gasteiger partial charge in [-0.2, -0.15) is 0 Å². The first-order valence-electron chi connectivity index (χ1n) is 10.6. The van der Waals surface area contributed by atoms with Crippen molar-refractivity contribution in [1.82, 2.24) is 10.2 Å². The Hall–Kier alpha value is -2.98. The Morgan fingerprint density at radius 1 is 0.933 bits per heavy atom. The highest BCUT2D eigenvalue weighted by molar-refractivity contribution is 5.80. The largest absolute Gasteiger partial charge is 0.345 e. The summed E-state index contributed by atoms with van der Waals surface area (Å²) in [7, 11) is 0. The molecule has 0 spiro atoms. The summed E-state index contributed by atoms with van der Waals surface area (Å²) in [4.78, 5) is 15.4. The number of piperidine rings is 1. The van der Waals surface area contributed by atoms with E-state index in [1.165, 1.54) is 6.07 Å². The lowest BCUT2D eigenvalue weighted by atomic mass is 9.94. The Kier molecular flexibility index (Phi) is 6.55. The topological polar surface area (TPSA) is 32.3 Å². The highest BCUT2D eigenvalue weighted by Crippen LogP contribution is 2.25. The minimum atomic E-state index is -0.183. The molecular formula is C26H27FN2O. The van der Waals surface area contributed by atoms with Crippen LogP contribution in [0.25, 0.3) is 0 Å². The van der Waals surface area contributed by atoms with E-state index < -0.39 is 0 Å². The quantitative estimate of drug-likeness (QED) is 0.633. The van der Waals surface area contributed by atoms with E-state index in [1.807, 2.05) is 72.8 Å². The van der Waals surface area contributed by atoms with Crippen LogP contribution in [0.2, 0.25) is 0 Å². The van der Waals surface area contributed by atoms with E-state index in [0.717, 1.165) is 30.5 Å². The van der Waals surface area contributed by atoms with Crippen LogP contribution in [0.15, 0.2) is 84.9 Å². The van der Waals surface area contributed by atoms with Gasteiger partial charge in [0.25, 0.3) is 0 Å². The van der Waals surface area contributed by atoms with E-state index >= 15 is 0 Å².